The SMILES string of the molecule is CNC(=O)C1CCCN1C(=O)CNC(=O)c1cc(-c2cc(C)oc2C)nc2onc(C)c12. The topological polar surface area (TPSA) is 131 Å². The molecule has 0 aromatic carbocycles. The van der Waals surface area contributed by atoms with E-state index in [1.807, 2.05) is 19.9 Å². The number of likely N-dealkylation sites (N-methyl/N-ethyl adjacent to an activating group) is 1. The third kappa shape index (κ3) is 3.83. The summed E-state index contributed by atoms with van der Waals surface area (Å²) in [5, 5.41) is 9.68. The van der Waals surface area contributed by atoms with Gasteiger partial charge in [0, 0.05) is 19.2 Å². The Hall–Kier alpha value is -3.69. The first-order valence-electron chi connectivity index (χ1n) is 10.4. The van der Waals surface area contributed by atoms with Gasteiger partial charge in [-0.15, -0.1) is 0 Å². The predicted molar refractivity (Wildman–Crippen MR) is 115 cm³/mol. The number of carbonyl (C=O) groups excluding carboxylic acids is 3. The summed E-state index contributed by atoms with van der Waals surface area (Å²) in [7, 11) is 1.54. The molecule has 1 aliphatic rings. The number of aromatic nitrogens is 2. The number of pyridine rings is 1. The van der Waals surface area contributed by atoms with E-state index in [1.165, 1.54) is 4.90 Å². The summed E-state index contributed by atoms with van der Waals surface area (Å²) in [6.07, 6.45) is 1.35. The summed E-state index contributed by atoms with van der Waals surface area (Å²) in [5.74, 6) is 0.432. The molecule has 2 N–H and O–H groups in total. The molecule has 4 heterocycles. The highest BCUT2D eigenvalue weighted by Gasteiger charge is 2.33. The Morgan fingerprint density at radius 2 is 2.00 bits per heavy atom. The highest BCUT2D eigenvalue weighted by atomic mass is 16.5. The maximum atomic E-state index is 13.1. The fourth-order valence-electron chi connectivity index (χ4n) is 4.15. The molecule has 0 saturated carbocycles. The zero-order chi connectivity index (χ0) is 23.0. The molecule has 10 heteroatoms. The van der Waals surface area contributed by atoms with E-state index in [4.69, 9.17) is 8.94 Å². The van der Waals surface area contributed by atoms with Gasteiger partial charge in [-0.05, 0) is 45.7 Å². The van der Waals surface area contributed by atoms with Crippen LogP contribution >= 0.6 is 0 Å². The van der Waals surface area contributed by atoms with Gasteiger partial charge in [-0.2, -0.15) is 0 Å². The van der Waals surface area contributed by atoms with E-state index < -0.39 is 11.9 Å². The number of hydrogen-bond donors (Lipinski definition) is 2. The minimum Gasteiger partial charge on any atom is -0.466 e. The number of aryl methyl sites for hydroxylation is 3. The lowest BCUT2D eigenvalue weighted by Crippen LogP contribution is -2.48. The van der Waals surface area contributed by atoms with Gasteiger partial charge in [0.1, 0.15) is 17.6 Å². The average Bonchev–Trinajstić information content (AvgIpc) is 3.49. The van der Waals surface area contributed by atoms with E-state index in [1.54, 1.807) is 20.0 Å². The molecule has 0 spiro atoms. The van der Waals surface area contributed by atoms with Gasteiger partial charge in [-0.1, -0.05) is 5.16 Å². The summed E-state index contributed by atoms with van der Waals surface area (Å²) in [4.78, 5) is 43.8. The molecule has 32 heavy (non-hydrogen) atoms. The summed E-state index contributed by atoms with van der Waals surface area (Å²) in [5.41, 5.74) is 2.32. The number of fused-ring (bicyclic) bond motifs is 1. The van der Waals surface area contributed by atoms with Crippen LogP contribution in [0.15, 0.2) is 21.1 Å². The molecule has 4 rings (SSSR count). The molecule has 3 aromatic heterocycles. The number of nitrogens with zero attached hydrogens (tertiary/aromatic N) is 3. The van der Waals surface area contributed by atoms with Crippen LogP contribution in [-0.4, -0.2) is 58.9 Å². The minimum atomic E-state index is -0.503. The number of likely N-dealkylation sites (tertiary alicyclic amines) is 1. The minimum absolute atomic E-state index is 0.200. The smallest absolute Gasteiger partial charge is 0.259 e. The Morgan fingerprint density at radius 1 is 1.22 bits per heavy atom. The van der Waals surface area contributed by atoms with Crippen molar-refractivity contribution in [3.8, 4) is 11.3 Å². The first kappa shape index (κ1) is 21.5. The van der Waals surface area contributed by atoms with Gasteiger partial charge >= 0.3 is 0 Å². The maximum Gasteiger partial charge on any atom is 0.259 e. The lowest BCUT2D eigenvalue weighted by atomic mass is 10.1. The van der Waals surface area contributed by atoms with Crippen molar-refractivity contribution in [3.05, 3.63) is 34.9 Å². The number of hydrogen-bond acceptors (Lipinski definition) is 7. The van der Waals surface area contributed by atoms with Crippen LogP contribution in [-0.2, 0) is 9.59 Å². The van der Waals surface area contributed by atoms with E-state index in [9.17, 15) is 14.4 Å². The monoisotopic (exact) mass is 439 g/mol. The first-order valence-corrected chi connectivity index (χ1v) is 10.4. The first-order chi connectivity index (χ1) is 15.3. The van der Waals surface area contributed by atoms with E-state index in [2.05, 4.69) is 20.8 Å². The largest absolute Gasteiger partial charge is 0.466 e. The number of amides is 3. The molecule has 3 aromatic rings. The highest BCUT2D eigenvalue weighted by Crippen LogP contribution is 2.30. The van der Waals surface area contributed by atoms with Crippen molar-refractivity contribution < 1.29 is 23.3 Å². The zero-order valence-corrected chi connectivity index (χ0v) is 18.4. The van der Waals surface area contributed by atoms with Crippen molar-refractivity contribution in [2.75, 3.05) is 20.1 Å². The van der Waals surface area contributed by atoms with Crippen LogP contribution in [0.3, 0.4) is 0 Å². The van der Waals surface area contributed by atoms with Gasteiger partial charge in [0.2, 0.25) is 11.8 Å². The number of rotatable bonds is 5. The molecule has 0 radical (unpaired) electrons. The summed E-state index contributed by atoms with van der Waals surface area (Å²) in [6, 6.07) is 2.98. The summed E-state index contributed by atoms with van der Waals surface area (Å²) < 4.78 is 10.9. The normalized spacial score (nSPS) is 15.9. The van der Waals surface area contributed by atoms with Crippen LogP contribution in [0.4, 0.5) is 0 Å². The third-order valence-corrected chi connectivity index (χ3v) is 5.70. The van der Waals surface area contributed by atoms with Gasteiger partial charge in [0.05, 0.1) is 28.9 Å². The van der Waals surface area contributed by atoms with E-state index in [0.29, 0.717) is 41.1 Å². The standard InChI is InChI=1S/C22H25N5O5/c1-11-8-14(13(3)31-11)16-9-15(19-12(2)26-32-22(19)25-16)20(29)24-10-18(28)27-7-5-6-17(27)21(30)23-4/h8-9,17H,5-7,10H2,1-4H3,(H,23,30)(H,24,29). The van der Waals surface area contributed by atoms with Gasteiger partial charge in [-0.3, -0.25) is 14.4 Å². The molecule has 10 nitrogen and oxygen atoms in total. The summed E-state index contributed by atoms with van der Waals surface area (Å²) >= 11 is 0. The van der Waals surface area contributed by atoms with Gasteiger partial charge in [-0.25, -0.2) is 4.98 Å². The zero-order valence-electron chi connectivity index (χ0n) is 18.4. The van der Waals surface area contributed by atoms with Gasteiger partial charge in [0.15, 0.2) is 0 Å². The van der Waals surface area contributed by atoms with Crippen molar-refractivity contribution in [2.45, 2.75) is 39.7 Å². The molecule has 1 atom stereocenters. The van der Waals surface area contributed by atoms with Crippen molar-refractivity contribution >= 4 is 28.8 Å². The molecule has 168 valence electrons. The average molecular weight is 439 g/mol. The van der Waals surface area contributed by atoms with Gasteiger partial charge < -0.3 is 24.5 Å². The molecular weight excluding hydrogens is 414 g/mol. The Balaban J connectivity index is 1.59. The second-order valence-corrected chi connectivity index (χ2v) is 7.87. The molecule has 0 bridgehead atoms. The molecular formula is C22H25N5O5. The Morgan fingerprint density at radius 3 is 2.69 bits per heavy atom. The third-order valence-electron chi connectivity index (χ3n) is 5.70. The van der Waals surface area contributed by atoms with E-state index >= 15 is 0 Å². The molecule has 1 unspecified atom stereocenters. The quantitative estimate of drug-likeness (QED) is 0.620. The van der Waals surface area contributed by atoms with Gasteiger partial charge in [0.25, 0.3) is 11.6 Å². The highest BCUT2D eigenvalue weighted by molar-refractivity contribution is 6.08. The molecule has 0 aliphatic carbocycles. The lowest BCUT2D eigenvalue weighted by Gasteiger charge is -2.23. The Bertz CT molecular complexity index is 1210. The van der Waals surface area contributed by atoms with Crippen LogP contribution in [0.1, 0.15) is 40.4 Å². The van der Waals surface area contributed by atoms with Crippen LogP contribution in [0.2, 0.25) is 0 Å². The Kier molecular flexibility index (Phi) is 5.68. The molecule has 1 aliphatic heterocycles. The maximum absolute atomic E-state index is 13.1. The van der Waals surface area contributed by atoms with Crippen molar-refractivity contribution in [3.63, 3.8) is 0 Å². The predicted octanol–water partition coefficient (Wildman–Crippen LogP) is 1.87. The number of nitrogens with one attached hydrogen (secondary N) is 2. The lowest BCUT2D eigenvalue weighted by molar-refractivity contribution is -0.137. The van der Waals surface area contributed by atoms with Crippen LogP contribution < -0.4 is 10.6 Å². The number of furan rings is 1. The van der Waals surface area contributed by atoms with Crippen LogP contribution in [0, 0.1) is 20.8 Å². The number of carbonyl (C=O) groups is 3. The fourth-order valence-corrected chi connectivity index (χ4v) is 4.15. The summed E-state index contributed by atoms with van der Waals surface area (Å²) in [6.45, 7) is 5.63. The molecule has 1 saturated heterocycles. The van der Waals surface area contributed by atoms with Crippen molar-refractivity contribution in [1.82, 2.24) is 25.7 Å². The fraction of sp³-hybridized carbons (Fsp3) is 0.409. The van der Waals surface area contributed by atoms with E-state index in [0.717, 1.165) is 17.7 Å². The second-order valence-electron chi connectivity index (χ2n) is 7.87. The second kappa shape index (κ2) is 8.45. The Labute approximate surface area is 184 Å². The molecule has 3 amide bonds. The molecule has 1 fully saturated rings. The van der Waals surface area contributed by atoms with Crippen LogP contribution in [0.25, 0.3) is 22.4 Å². The van der Waals surface area contributed by atoms with Crippen LogP contribution in [0.5, 0.6) is 0 Å². The van der Waals surface area contributed by atoms with E-state index in [-0.39, 0.29) is 24.1 Å². The van der Waals surface area contributed by atoms with Crippen molar-refractivity contribution in [2.24, 2.45) is 0 Å². The van der Waals surface area contributed by atoms with Crippen molar-refractivity contribution in [1.29, 1.82) is 0 Å².